The SMILES string of the molecule is CCCCCCB(C(C)CCCCCC)C1C[C@@H]2C[C@H](C1C)C2(C)C. The van der Waals surface area contributed by atoms with Crippen molar-refractivity contribution in [1.29, 1.82) is 0 Å². The van der Waals surface area contributed by atoms with Crippen LogP contribution >= 0.6 is 0 Å². The molecule has 3 aliphatic rings. The van der Waals surface area contributed by atoms with Crippen molar-refractivity contribution >= 4 is 6.71 Å². The third-order valence-corrected chi connectivity index (χ3v) is 8.60. The average molecular weight is 346 g/mol. The molecule has 0 nitrogen and oxygen atoms in total. The number of unbranched alkanes of at least 4 members (excludes halogenated alkanes) is 6. The zero-order valence-electron chi connectivity index (χ0n) is 18.4. The molecule has 5 atom stereocenters. The maximum Gasteiger partial charge on any atom is 0.146 e. The van der Waals surface area contributed by atoms with Gasteiger partial charge in [0.05, 0.1) is 0 Å². The van der Waals surface area contributed by atoms with Gasteiger partial charge in [0.2, 0.25) is 0 Å². The van der Waals surface area contributed by atoms with Crippen molar-refractivity contribution in [3.05, 3.63) is 0 Å². The Bertz CT molecular complexity index is 374. The Hall–Kier alpha value is 0.0649. The molecule has 0 aromatic rings. The summed E-state index contributed by atoms with van der Waals surface area (Å²) in [4.78, 5) is 0. The first-order valence-electron chi connectivity index (χ1n) is 11.9. The Morgan fingerprint density at radius 3 is 2.12 bits per heavy atom. The molecule has 0 spiro atoms. The van der Waals surface area contributed by atoms with E-state index in [0.717, 1.165) is 36.1 Å². The van der Waals surface area contributed by atoms with E-state index in [1.165, 1.54) is 70.5 Å². The van der Waals surface area contributed by atoms with Crippen LogP contribution in [0.2, 0.25) is 18.0 Å². The average Bonchev–Trinajstić information content (AvgIpc) is 2.58. The maximum absolute atomic E-state index is 2.62. The fraction of sp³-hybridized carbons (Fsp3) is 1.00. The zero-order chi connectivity index (χ0) is 18.4. The summed E-state index contributed by atoms with van der Waals surface area (Å²) in [5.41, 5.74) is 0.646. The van der Waals surface area contributed by atoms with Crippen molar-refractivity contribution in [1.82, 2.24) is 0 Å². The predicted octanol–water partition coefficient (Wildman–Crippen LogP) is 8.49. The van der Waals surface area contributed by atoms with Crippen molar-refractivity contribution in [3.63, 3.8) is 0 Å². The highest BCUT2D eigenvalue weighted by Crippen LogP contribution is 2.66. The Kier molecular flexibility index (Phi) is 8.41. The van der Waals surface area contributed by atoms with Gasteiger partial charge in [0, 0.05) is 0 Å². The third-order valence-electron chi connectivity index (χ3n) is 8.60. The van der Waals surface area contributed by atoms with E-state index >= 15 is 0 Å². The predicted molar refractivity (Wildman–Crippen MR) is 116 cm³/mol. The molecule has 0 saturated heterocycles. The standard InChI is InChI=1S/C24H47B/c1-7-9-11-13-15-19(3)25(16-14-12-10-8-2)23-18-21-17-22(20(23)4)24(21,5)6/h19-23H,7-18H2,1-6H3/t19?,20?,21-,22+,23?/m0/s1. The van der Waals surface area contributed by atoms with E-state index in [4.69, 9.17) is 0 Å². The normalized spacial score (nSPS) is 31.4. The number of fused-ring (bicyclic) bond motifs is 2. The summed E-state index contributed by atoms with van der Waals surface area (Å²) in [6.45, 7) is 16.0. The van der Waals surface area contributed by atoms with Crippen LogP contribution in [0.3, 0.4) is 0 Å². The first-order chi connectivity index (χ1) is 11.9. The minimum absolute atomic E-state index is 0.646. The second-order valence-electron chi connectivity index (χ2n) is 10.5. The van der Waals surface area contributed by atoms with E-state index in [2.05, 4.69) is 41.5 Å². The van der Waals surface area contributed by atoms with Gasteiger partial charge in [-0.1, -0.05) is 124 Å². The lowest BCUT2D eigenvalue weighted by molar-refractivity contribution is -0.0994. The van der Waals surface area contributed by atoms with E-state index < -0.39 is 0 Å². The molecule has 0 aromatic carbocycles. The maximum atomic E-state index is 2.62. The summed E-state index contributed by atoms with van der Waals surface area (Å²) in [6, 6.07) is 0. The van der Waals surface area contributed by atoms with Gasteiger partial charge in [0.1, 0.15) is 6.71 Å². The van der Waals surface area contributed by atoms with Crippen LogP contribution in [0.4, 0.5) is 0 Å². The van der Waals surface area contributed by atoms with E-state index in [-0.39, 0.29) is 0 Å². The van der Waals surface area contributed by atoms with Gasteiger partial charge in [-0.15, -0.1) is 0 Å². The molecule has 1 heteroatoms. The van der Waals surface area contributed by atoms with Crippen LogP contribution in [0.5, 0.6) is 0 Å². The van der Waals surface area contributed by atoms with Crippen molar-refractivity contribution in [2.24, 2.45) is 23.2 Å². The van der Waals surface area contributed by atoms with E-state index in [1.807, 2.05) is 0 Å². The van der Waals surface area contributed by atoms with Gasteiger partial charge in [0.25, 0.3) is 0 Å². The van der Waals surface area contributed by atoms with Gasteiger partial charge < -0.3 is 0 Å². The molecule has 0 amide bonds. The van der Waals surface area contributed by atoms with Gasteiger partial charge in [-0.2, -0.15) is 0 Å². The zero-order valence-corrected chi connectivity index (χ0v) is 18.4. The lowest BCUT2D eigenvalue weighted by Crippen LogP contribution is -2.56. The van der Waals surface area contributed by atoms with Crippen LogP contribution in [0.25, 0.3) is 0 Å². The molecule has 0 aliphatic heterocycles. The molecular formula is C24H47B. The van der Waals surface area contributed by atoms with Gasteiger partial charge in [0.15, 0.2) is 0 Å². The minimum Gasteiger partial charge on any atom is -0.0737 e. The Labute approximate surface area is 160 Å². The highest BCUT2D eigenvalue weighted by Gasteiger charge is 2.57. The van der Waals surface area contributed by atoms with Crippen LogP contribution in [-0.2, 0) is 0 Å². The van der Waals surface area contributed by atoms with Crippen LogP contribution in [0.15, 0.2) is 0 Å². The molecule has 3 aliphatic carbocycles. The van der Waals surface area contributed by atoms with Crippen LogP contribution < -0.4 is 0 Å². The van der Waals surface area contributed by atoms with Gasteiger partial charge >= 0.3 is 0 Å². The van der Waals surface area contributed by atoms with Crippen LogP contribution in [0.1, 0.15) is 112 Å². The minimum atomic E-state index is 0.646. The molecule has 3 unspecified atom stereocenters. The van der Waals surface area contributed by atoms with E-state index in [0.29, 0.717) is 5.41 Å². The van der Waals surface area contributed by atoms with Crippen molar-refractivity contribution in [2.75, 3.05) is 0 Å². The monoisotopic (exact) mass is 346 g/mol. The summed E-state index contributed by atoms with van der Waals surface area (Å²) < 4.78 is 0. The molecule has 2 bridgehead atoms. The highest BCUT2D eigenvalue weighted by atomic mass is 14.6. The lowest BCUT2D eigenvalue weighted by Gasteiger charge is -2.63. The van der Waals surface area contributed by atoms with Crippen molar-refractivity contribution in [3.8, 4) is 0 Å². The molecule has 25 heavy (non-hydrogen) atoms. The Morgan fingerprint density at radius 2 is 1.56 bits per heavy atom. The largest absolute Gasteiger partial charge is 0.146 e. The summed E-state index contributed by atoms with van der Waals surface area (Å²) in [5.74, 6) is 4.99. The highest BCUT2D eigenvalue weighted by molar-refractivity contribution is 6.62. The lowest BCUT2D eigenvalue weighted by atomic mass is 9.24. The molecule has 3 rings (SSSR count). The molecule has 0 N–H and O–H groups in total. The topological polar surface area (TPSA) is 0 Å². The van der Waals surface area contributed by atoms with Crippen molar-refractivity contribution < 1.29 is 0 Å². The second kappa shape index (κ2) is 9.84. The van der Waals surface area contributed by atoms with Crippen molar-refractivity contribution in [2.45, 2.75) is 130 Å². The van der Waals surface area contributed by atoms with Crippen LogP contribution in [-0.4, -0.2) is 6.71 Å². The number of rotatable bonds is 12. The molecular weight excluding hydrogens is 299 g/mol. The summed E-state index contributed by atoms with van der Waals surface area (Å²) >= 11 is 0. The summed E-state index contributed by atoms with van der Waals surface area (Å²) in [7, 11) is 0. The van der Waals surface area contributed by atoms with E-state index in [1.54, 1.807) is 6.42 Å². The molecule has 0 heterocycles. The number of hydrogen-bond acceptors (Lipinski definition) is 0. The quantitative estimate of drug-likeness (QED) is 0.245. The third kappa shape index (κ3) is 5.07. The number of hydrogen-bond donors (Lipinski definition) is 0. The molecule has 0 aromatic heterocycles. The van der Waals surface area contributed by atoms with Crippen LogP contribution in [0, 0.1) is 23.2 Å². The van der Waals surface area contributed by atoms with Gasteiger partial charge in [-0.3, -0.25) is 0 Å². The van der Waals surface area contributed by atoms with Gasteiger partial charge in [-0.05, 0) is 29.6 Å². The molecule has 0 radical (unpaired) electrons. The smallest absolute Gasteiger partial charge is 0.0737 e. The fourth-order valence-electron chi connectivity index (χ4n) is 6.59. The molecule has 3 saturated carbocycles. The summed E-state index contributed by atoms with van der Waals surface area (Å²) in [5, 5.41) is 0. The van der Waals surface area contributed by atoms with E-state index in [9.17, 15) is 0 Å². The Balaban J connectivity index is 1.94. The first-order valence-corrected chi connectivity index (χ1v) is 11.9. The fourth-order valence-corrected chi connectivity index (χ4v) is 6.59. The second-order valence-corrected chi connectivity index (χ2v) is 10.5. The molecule has 146 valence electrons. The Morgan fingerprint density at radius 1 is 0.920 bits per heavy atom. The summed E-state index contributed by atoms with van der Waals surface area (Å²) in [6.07, 6.45) is 17.6. The van der Waals surface area contributed by atoms with Gasteiger partial charge in [-0.25, -0.2) is 0 Å². The first kappa shape index (κ1) is 21.4. The molecule has 3 fully saturated rings.